The van der Waals surface area contributed by atoms with E-state index in [0.29, 0.717) is 31.6 Å². The minimum absolute atomic E-state index is 0.0542. The molecule has 4 nitrogen and oxygen atoms in total. The second-order valence-electron chi connectivity index (χ2n) is 7.21. The van der Waals surface area contributed by atoms with Crippen molar-refractivity contribution in [3.8, 4) is 0 Å². The number of fused-ring (bicyclic) bond motifs is 1. The van der Waals surface area contributed by atoms with Gasteiger partial charge < -0.3 is 15.4 Å². The Balaban J connectivity index is 1.73. The van der Waals surface area contributed by atoms with Crippen LogP contribution in [0.4, 0.5) is 8.78 Å². The molecule has 1 saturated heterocycles. The van der Waals surface area contributed by atoms with E-state index in [1.54, 1.807) is 4.90 Å². The zero-order chi connectivity index (χ0) is 19.0. The quantitative estimate of drug-likeness (QED) is 0.882. The molecule has 1 fully saturated rings. The number of rotatable bonds is 2. The van der Waals surface area contributed by atoms with Crippen LogP contribution in [0.1, 0.15) is 35.6 Å². The predicted molar refractivity (Wildman–Crippen MR) is 97.0 cm³/mol. The normalized spacial score (nSPS) is 25.1. The summed E-state index contributed by atoms with van der Waals surface area (Å²) in [6.45, 7) is 0.805. The van der Waals surface area contributed by atoms with Gasteiger partial charge in [-0.05, 0) is 36.5 Å². The van der Waals surface area contributed by atoms with Crippen molar-refractivity contribution in [2.45, 2.75) is 37.5 Å². The number of benzene rings is 2. The topological polar surface area (TPSA) is 55.6 Å². The molecule has 2 aromatic carbocycles. The Morgan fingerprint density at radius 1 is 1.11 bits per heavy atom. The van der Waals surface area contributed by atoms with Gasteiger partial charge in [-0.1, -0.05) is 30.3 Å². The van der Waals surface area contributed by atoms with Gasteiger partial charge in [-0.25, -0.2) is 8.78 Å². The molecule has 1 amide bonds. The van der Waals surface area contributed by atoms with Gasteiger partial charge in [-0.3, -0.25) is 4.79 Å². The third kappa shape index (κ3) is 3.47. The molecule has 2 aliphatic heterocycles. The van der Waals surface area contributed by atoms with Crippen LogP contribution in [0, 0.1) is 11.6 Å². The molecule has 3 atom stereocenters. The summed E-state index contributed by atoms with van der Waals surface area (Å²) in [5.41, 5.74) is 8.09. The molecular weight excluding hydrogens is 350 g/mol. The SMILES string of the molecule is N[C@@H]1CC[C@@H](C(=O)N2CCc3ccccc3C2c2ccc(F)cc2F)OC1. The minimum atomic E-state index is -0.652. The molecule has 1 unspecified atom stereocenters. The van der Waals surface area contributed by atoms with Crippen LogP contribution < -0.4 is 5.73 Å². The molecule has 0 radical (unpaired) electrons. The minimum Gasteiger partial charge on any atom is -0.367 e. The number of carbonyl (C=O) groups is 1. The van der Waals surface area contributed by atoms with Crippen LogP contribution in [0.5, 0.6) is 0 Å². The lowest BCUT2D eigenvalue weighted by Crippen LogP contribution is -2.49. The monoisotopic (exact) mass is 372 g/mol. The molecule has 27 heavy (non-hydrogen) atoms. The second kappa shape index (κ2) is 7.37. The van der Waals surface area contributed by atoms with Crippen LogP contribution in [0.3, 0.4) is 0 Å². The molecule has 2 aliphatic rings. The summed E-state index contributed by atoms with van der Waals surface area (Å²) < 4.78 is 33.7. The Morgan fingerprint density at radius 3 is 2.67 bits per heavy atom. The first kappa shape index (κ1) is 18.1. The maximum atomic E-state index is 14.6. The molecule has 0 aromatic heterocycles. The number of halogens is 2. The summed E-state index contributed by atoms with van der Waals surface area (Å²) in [4.78, 5) is 14.9. The summed E-state index contributed by atoms with van der Waals surface area (Å²) in [6.07, 6.45) is 1.39. The maximum Gasteiger partial charge on any atom is 0.252 e. The predicted octanol–water partition coefficient (Wildman–Crippen LogP) is 2.95. The number of ether oxygens (including phenoxy) is 1. The van der Waals surface area contributed by atoms with Crippen LogP contribution >= 0.6 is 0 Å². The standard InChI is InChI=1S/C21H22F2N2O2/c22-14-5-7-17(18(23)11-14)20-16-4-2-1-3-13(16)9-10-25(20)21(26)19-8-6-15(24)12-27-19/h1-5,7,11,15,19-20H,6,8-10,12,24H2/t15-,19+,20?/m1/s1. The van der Waals surface area contributed by atoms with Crippen LogP contribution in [-0.2, 0) is 16.0 Å². The number of nitrogens with zero attached hydrogens (tertiary/aromatic N) is 1. The third-order valence-electron chi connectivity index (χ3n) is 5.41. The van der Waals surface area contributed by atoms with E-state index in [1.807, 2.05) is 24.3 Å². The Labute approximate surface area is 156 Å². The average Bonchev–Trinajstić information content (AvgIpc) is 2.67. The lowest BCUT2D eigenvalue weighted by Gasteiger charge is -2.40. The van der Waals surface area contributed by atoms with Crippen molar-refractivity contribution in [3.63, 3.8) is 0 Å². The van der Waals surface area contributed by atoms with Gasteiger partial charge >= 0.3 is 0 Å². The number of nitrogens with two attached hydrogens (primary N) is 1. The van der Waals surface area contributed by atoms with Gasteiger partial charge in [0.1, 0.15) is 17.7 Å². The maximum absolute atomic E-state index is 14.6. The number of hydrogen-bond acceptors (Lipinski definition) is 3. The van der Waals surface area contributed by atoms with Crippen molar-refractivity contribution in [1.82, 2.24) is 4.90 Å². The highest BCUT2D eigenvalue weighted by atomic mass is 19.1. The molecular formula is C21H22F2N2O2. The molecule has 142 valence electrons. The second-order valence-corrected chi connectivity index (χ2v) is 7.21. The van der Waals surface area contributed by atoms with Gasteiger partial charge in [0, 0.05) is 24.2 Å². The lowest BCUT2D eigenvalue weighted by molar-refractivity contribution is -0.149. The van der Waals surface area contributed by atoms with Crippen molar-refractivity contribution in [2.75, 3.05) is 13.2 Å². The van der Waals surface area contributed by atoms with Crippen LogP contribution in [0.2, 0.25) is 0 Å². The van der Waals surface area contributed by atoms with E-state index in [9.17, 15) is 13.6 Å². The number of amides is 1. The highest BCUT2D eigenvalue weighted by Crippen LogP contribution is 2.37. The smallest absolute Gasteiger partial charge is 0.252 e. The first-order chi connectivity index (χ1) is 13.0. The summed E-state index contributed by atoms with van der Waals surface area (Å²) in [5, 5.41) is 0. The summed E-state index contributed by atoms with van der Waals surface area (Å²) in [5.74, 6) is -1.45. The van der Waals surface area contributed by atoms with Crippen molar-refractivity contribution in [3.05, 3.63) is 70.8 Å². The van der Waals surface area contributed by atoms with Crippen molar-refractivity contribution < 1.29 is 18.3 Å². The van der Waals surface area contributed by atoms with E-state index < -0.39 is 23.8 Å². The fourth-order valence-electron chi connectivity index (χ4n) is 4.01. The summed E-state index contributed by atoms with van der Waals surface area (Å²) in [7, 11) is 0. The molecule has 2 aromatic rings. The van der Waals surface area contributed by atoms with Gasteiger partial charge in [0.15, 0.2) is 0 Å². The van der Waals surface area contributed by atoms with Crippen LogP contribution in [0.15, 0.2) is 42.5 Å². The first-order valence-electron chi connectivity index (χ1n) is 9.25. The number of carbonyl (C=O) groups excluding carboxylic acids is 1. The largest absolute Gasteiger partial charge is 0.367 e. The fraction of sp³-hybridized carbons (Fsp3) is 0.381. The Kier molecular flexibility index (Phi) is 4.93. The Bertz CT molecular complexity index is 850. The molecule has 4 rings (SSSR count). The lowest BCUT2D eigenvalue weighted by atomic mass is 9.87. The van der Waals surface area contributed by atoms with Crippen LogP contribution in [0.25, 0.3) is 0 Å². The number of hydrogen-bond donors (Lipinski definition) is 1. The fourth-order valence-corrected chi connectivity index (χ4v) is 4.01. The van der Waals surface area contributed by atoms with Gasteiger partial charge in [0.2, 0.25) is 0 Å². The van der Waals surface area contributed by atoms with Gasteiger partial charge in [0.05, 0.1) is 12.6 Å². The summed E-state index contributed by atoms with van der Waals surface area (Å²) >= 11 is 0. The highest BCUT2D eigenvalue weighted by molar-refractivity contribution is 5.82. The zero-order valence-corrected chi connectivity index (χ0v) is 14.9. The van der Waals surface area contributed by atoms with Gasteiger partial charge in [-0.2, -0.15) is 0 Å². The Hall–Kier alpha value is -2.31. The molecule has 0 bridgehead atoms. The molecule has 0 saturated carbocycles. The van der Waals surface area contributed by atoms with Crippen molar-refractivity contribution in [2.24, 2.45) is 5.73 Å². The van der Waals surface area contributed by atoms with E-state index in [-0.39, 0.29) is 11.9 Å². The van der Waals surface area contributed by atoms with E-state index in [4.69, 9.17) is 10.5 Å². The molecule has 2 N–H and O–H groups in total. The third-order valence-corrected chi connectivity index (χ3v) is 5.41. The van der Waals surface area contributed by atoms with E-state index in [0.717, 1.165) is 23.6 Å². The Morgan fingerprint density at radius 2 is 1.93 bits per heavy atom. The molecule has 6 heteroatoms. The van der Waals surface area contributed by atoms with Gasteiger partial charge in [0.25, 0.3) is 5.91 Å². The first-order valence-corrected chi connectivity index (χ1v) is 9.25. The van der Waals surface area contributed by atoms with E-state index >= 15 is 0 Å². The average molecular weight is 372 g/mol. The highest BCUT2D eigenvalue weighted by Gasteiger charge is 2.38. The van der Waals surface area contributed by atoms with E-state index in [2.05, 4.69) is 0 Å². The van der Waals surface area contributed by atoms with Crippen molar-refractivity contribution in [1.29, 1.82) is 0 Å². The van der Waals surface area contributed by atoms with E-state index in [1.165, 1.54) is 12.1 Å². The molecule has 2 heterocycles. The molecule has 0 aliphatic carbocycles. The van der Waals surface area contributed by atoms with Crippen LogP contribution in [-0.4, -0.2) is 36.1 Å². The summed E-state index contributed by atoms with van der Waals surface area (Å²) in [6, 6.07) is 10.6. The zero-order valence-electron chi connectivity index (χ0n) is 14.9. The van der Waals surface area contributed by atoms with Gasteiger partial charge in [-0.15, -0.1) is 0 Å². The van der Waals surface area contributed by atoms with Crippen molar-refractivity contribution >= 4 is 5.91 Å². The molecule has 0 spiro atoms.